The molecular formula is C20H19N7. The van der Waals surface area contributed by atoms with Gasteiger partial charge in [-0.1, -0.05) is 24.3 Å². The fourth-order valence-electron chi connectivity index (χ4n) is 3.60. The maximum Gasteiger partial charge on any atom is 0.231 e. The predicted molar refractivity (Wildman–Crippen MR) is 106 cm³/mol. The van der Waals surface area contributed by atoms with Crippen LogP contribution in [0.3, 0.4) is 0 Å². The topological polar surface area (TPSA) is 83.8 Å². The summed E-state index contributed by atoms with van der Waals surface area (Å²) in [6, 6.07) is 10.5. The van der Waals surface area contributed by atoms with Gasteiger partial charge < -0.3 is 10.3 Å². The molecule has 7 heteroatoms. The average molecular weight is 357 g/mol. The zero-order valence-electron chi connectivity index (χ0n) is 14.9. The summed E-state index contributed by atoms with van der Waals surface area (Å²) >= 11 is 0. The van der Waals surface area contributed by atoms with Crippen LogP contribution in [0, 0.1) is 0 Å². The maximum absolute atomic E-state index is 4.74. The number of hydrogen-bond acceptors (Lipinski definition) is 5. The Balaban J connectivity index is 1.48. The Bertz CT molecular complexity index is 1140. The minimum absolute atomic E-state index is 0.333. The lowest BCUT2D eigenvalue weighted by atomic mass is 10.0. The highest BCUT2D eigenvalue weighted by Crippen LogP contribution is 2.32. The second kappa shape index (κ2) is 6.35. The fourth-order valence-corrected chi connectivity index (χ4v) is 3.60. The molecule has 134 valence electrons. The smallest absolute Gasteiger partial charge is 0.231 e. The molecular weight excluding hydrogens is 338 g/mol. The van der Waals surface area contributed by atoms with Crippen LogP contribution in [-0.4, -0.2) is 30.9 Å². The zero-order chi connectivity index (χ0) is 18.2. The summed E-state index contributed by atoms with van der Waals surface area (Å²) in [5.74, 6) is 1.49. The highest BCUT2D eigenvalue weighted by atomic mass is 15.3. The van der Waals surface area contributed by atoms with Crippen LogP contribution in [0.15, 0.2) is 53.9 Å². The van der Waals surface area contributed by atoms with Crippen molar-refractivity contribution in [2.24, 2.45) is 12.0 Å². The van der Waals surface area contributed by atoms with Crippen molar-refractivity contribution in [3.8, 4) is 0 Å². The normalized spacial score (nSPS) is 16.3. The molecule has 5 rings (SSSR count). The first-order chi connectivity index (χ1) is 13.3. The van der Waals surface area contributed by atoms with Gasteiger partial charge in [-0.3, -0.25) is 4.68 Å². The van der Waals surface area contributed by atoms with Crippen molar-refractivity contribution < 1.29 is 0 Å². The third-order valence-electron chi connectivity index (χ3n) is 4.91. The van der Waals surface area contributed by atoms with Gasteiger partial charge in [-0.15, -0.1) is 0 Å². The number of nitrogens with zero attached hydrogens (tertiary/aromatic N) is 5. The first-order valence-corrected chi connectivity index (χ1v) is 8.99. The van der Waals surface area contributed by atoms with Crippen LogP contribution in [0.25, 0.3) is 11.0 Å². The van der Waals surface area contributed by atoms with Gasteiger partial charge in [-0.2, -0.15) is 15.1 Å². The number of benzene rings is 1. The van der Waals surface area contributed by atoms with Crippen LogP contribution < -0.4 is 5.32 Å². The van der Waals surface area contributed by atoms with Gasteiger partial charge in [0.2, 0.25) is 5.95 Å². The van der Waals surface area contributed by atoms with Crippen molar-refractivity contribution in [1.29, 1.82) is 0 Å². The lowest BCUT2D eigenvalue weighted by Crippen LogP contribution is -1.98. The van der Waals surface area contributed by atoms with E-state index in [0.29, 0.717) is 17.7 Å². The van der Waals surface area contributed by atoms with Gasteiger partial charge in [0.1, 0.15) is 5.65 Å². The molecule has 1 unspecified atom stereocenters. The van der Waals surface area contributed by atoms with Gasteiger partial charge in [0.25, 0.3) is 0 Å². The number of aryl methyl sites for hydroxylation is 2. The van der Waals surface area contributed by atoms with Crippen molar-refractivity contribution in [1.82, 2.24) is 24.7 Å². The molecule has 27 heavy (non-hydrogen) atoms. The standard InChI is InChI=1S/C20H19N7/c1-27-12-15(11-23-27)24-20-25-18-17(8-9-21-18)19(26-20)22-10-14-7-6-13-4-2-3-5-16(13)14/h2-5,8-12,14H,6-7H2,1H3,(H2,21,24,25,26)/b22-10+. The van der Waals surface area contributed by atoms with Gasteiger partial charge in [0.15, 0.2) is 5.82 Å². The quantitative estimate of drug-likeness (QED) is 0.543. The van der Waals surface area contributed by atoms with Gasteiger partial charge in [-0.05, 0) is 30.0 Å². The maximum atomic E-state index is 4.74. The monoisotopic (exact) mass is 357 g/mol. The Hall–Kier alpha value is -3.48. The minimum Gasteiger partial charge on any atom is -0.346 e. The van der Waals surface area contributed by atoms with Crippen LogP contribution in [0.1, 0.15) is 23.5 Å². The van der Waals surface area contributed by atoms with E-state index in [-0.39, 0.29) is 0 Å². The molecule has 1 aromatic carbocycles. The van der Waals surface area contributed by atoms with E-state index >= 15 is 0 Å². The lowest BCUT2D eigenvalue weighted by molar-refractivity contribution is 0.768. The number of fused-ring (bicyclic) bond motifs is 2. The number of nitrogens with one attached hydrogen (secondary N) is 2. The first-order valence-electron chi connectivity index (χ1n) is 8.99. The number of H-pyrrole nitrogens is 1. The van der Waals surface area contributed by atoms with E-state index in [2.05, 4.69) is 49.6 Å². The van der Waals surface area contributed by atoms with E-state index in [0.717, 1.165) is 29.6 Å². The molecule has 1 aliphatic rings. The molecule has 1 aliphatic carbocycles. The van der Waals surface area contributed by atoms with Gasteiger partial charge >= 0.3 is 0 Å². The highest BCUT2D eigenvalue weighted by Gasteiger charge is 2.20. The third-order valence-corrected chi connectivity index (χ3v) is 4.91. The first kappa shape index (κ1) is 15.7. The van der Waals surface area contributed by atoms with Crippen molar-refractivity contribution >= 4 is 34.7 Å². The summed E-state index contributed by atoms with van der Waals surface area (Å²) in [5, 5.41) is 8.26. The van der Waals surface area contributed by atoms with E-state index < -0.39 is 0 Å². The van der Waals surface area contributed by atoms with Crippen LogP contribution in [0.4, 0.5) is 17.5 Å². The SMILES string of the molecule is Cn1cc(Nc2nc(/N=C/C3CCc4ccccc43)c3cc[nH]c3n2)cn1. The highest BCUT2D eigenvalue weighted by molar-refractivity contribution is 5.89. The lowest BCUT2D eigenvalue weighted by Gasteiger charge is -2.06. The Morgan fingerprint density at radius 3 is 3.07 bits per heavy atom. The Morgan fingerprint density at radius 1 is 1.26 bits per heavy atom. The zero-order valence-corrected chi connectivity index (χ0v) is 14.9. The van der Waals surface area contributed by atoms with E-state index in [9.17, 15) is 0 Å². The molecule has 0 spiro atoms. The molecule has 0 saturated carbocycles. The summed E-state index contributed by atoms with van der Waals surface area (Å²) < 4.78 is 1.73. The molecule has 7 nitrogen and oxygen atoms in total. The molecule has 3 aromatic heterocycles. The number of aliphatic imine (C=N–C) groups is 1. The summed E-state index contributed by atoms with van der Waals surface area (Å²) in [4.78, 5) is 17.0. The van der Waals surface area contributed by atoms with E-state index in [1.165, 1.54) is 11.1 Å². The molecule has 2 N–H and O–H groups in total. The van der Waals surface area contributed by atoms with Crippen molar-refractivity contribution in [2.45, 2.75) is 18.8 Å². The molecule has 0 radical (unpaired) electrons. The largest absolute Gasteiger partial charge is 0.346 e. The van der Waals surface area contributed by atoms with E-state index in [4.69, 9.17) is 4.99 Å². The number of anilines is 2. The number of hydrogen-bond donors (Lipinski definition) is 2. The average Bonchev–Trinajstić information content (AvgIpc) is 3.40. The second-order valence-electron chi connectivity index (χ2n) is 6.76. The van der Waals surface area contributed by atoms with Crippen LogP contribution in [0.2, 0.25) is 0 Å². The molecule has 0 bridgehead atoms. The molecule has 3 heterocycles. The molecule has 1 atom stereocenters. The van der Waals surface area contributed by atoms with Gasteiger partial charge in [-0.25, -0.2) is 4.99 Å². The number of aromatic nitrogens is 5. The van der Waals surface area contributed by atoms with Crippen LogP contribution >= 0.6 is 0 Å². The fraction of sp³-hybridized carbons (Fsp3) is 0.200. The second-order valence-corrected chi connectivity index (χ2v) is 6.76. The van der Waals surface area contributed by atoms with E-state index in [1.807, 2.05) is 31.7 Å². The van der Waals surface area contributed by atoms with E-state index in [1.54, 1.807) is 10.9 Å². The summed E-state index contributed by atoms with van der Waals surface area (Å²) in [6.45, 7) is 0. The summed E-state index contributed by atoms with van der Waals surface area (Å²) in [5.41, 5.74) is 4.38. The number of aromatic amines is 1. The molecule has 0 saturated heterocycles. The van der Waals surface area contributed by atoms with Crippen molar-refractivity contribution in [3.63, 3.8) is 0 Å². The third kappa shape index (κ3) is 2.97. The number of rotatable bonds is 4. The summed E-state index contributed by atoms with van der Waals surface area (Å²) in [7, 11) is 1.87. The minimum atomic E-state index is 0.333. The molecule has 4 aromatic rings. The Morgan fingerprint density at radius 2 is 2.19 bits per heavy atom. The Kier molecular flexibility index (Phi) is 3.71. The van der Waals surface area contributed by atoms with Crippen molar-refractivity contribution in [3.05, 3.63) is 60.0 Å². The van der Waals surface area contributed by atoms with Crippen LogP contribution in [-0.2, 0) is 13.5 Å². The molecule has 0 fully saturated rings. The Labute approximate surface area is 156 Å². The predicted octanol–water partition coefficient (Wildman–Crippen LogP) is 3.87. The van der Waals surface area contributed by atoms with Gasteiger partial charge in [0, 0.05) is 31.6 Å². The van der Waals surface area contributed by atoms with Crippen LogP contribution in [0.5, 0.6) is 0 Å². The summed E-state index contributed by atoms with van der Waals surface area (Å²) in [6.07, 6.45) is 9.68. The van der Waals surface area contributed by atoms with Crippen molar-refractivity contribution in [2.75, 3.05) is 5.32 Å². The molecule has 0 aliphatic heterocycles. The molecule has 0 amide bonds. The van der Waals surface area contributed by atoms with Gasteiger partial charge in [0.05, 0.1) is 17.3 Å².